The van der Waals surface area contributed by atoms with E-state index in [1.54, 1.807) is 0 Å². The van der Waals surface area contributed by atoms with Gasteiger partial charge < -0.3 is 11.1 Å². The smallest absolute Gasteiger partial charge is 0.0344 e. The van der Waals surface area contributed by atoms with Crippen LogP contribution in [0.2, 0.25) is 0 Å². The fourth-order valence-corrected chi connectivity index (χ4v) is 2.16. The Bertz CT molecular complexity index is 371. The first kappa shape index (κ1) is 10.4. The zero-order valence-electron chi connectivity index (χ0n) is 9.16. The second kappa shape index (κ2) is 4.17. The van der Waals surface area contributed by atoms with Gasteiger partial charge in [-0.15, -0.1) is 0 Å². The van der Waals surface area contributed by atoms with Crippen LogP contribution in [0.3, 0.4) is 0 Å². The summed E-state index contributed by atoms with van der Waals surface area (Å²) < 4.78 is 0. The Hall–Kier alpha value is -1.12. The summed E-state index contributed by atoms with van der Waals surface area (Å²) in [4.78, 5) is 0. The maximum absolute atomic E-state index is 6.08. The van der Waals surface area contributed by atoms with E-state index < -0.39 is 0 Å². The summed E-state index contributed by atoms with van der Waals surface area (Å²) in [5.41, 5.74) is 9.88. The number of fused-ring (bicyclic) bond motifs is 1. The fraction of sp³-hybridized carbons (Fsp3) is 0.385. The zero-order valence-corrected chi connectivity index (χ0v) is 9.16. The first-order valence-corrected chi connectivity index (χ1v) is 5.40. The summed E-state index contributed by atoms with van der Waals surface area (Å²) in [6.45, 7) is 6.80. The van der Waals surface area contributed by atoms with E-state index in [0.717, 1.165) is 18.5 Å². The van der Waals surface area contributed by atoms with Crippen LogP contribution in [-0.2, 0) is 0 Å². The Kier molecular flexibility index (Phi) is 2.89. The van der Waals surface area contributed by atoms with Crippen LogP contribution in [0, 0.1) is 0 Å². The third-order valence-electron chi connectivity index (χ3n) is 2.91. The average molecular weight is 202 g/mol. The van der Waals surface area contributed by atoms with Crippen molar-refractivity contribution in [3.8, 4) is 0 Å². The molecule has 0 saturated heterocycles. The molecule has 0 aliphatic heterocycles. The van der Waals surface area contributed by atoms with E-state index in [1.807, 2.05) is 6.92 Å². The molecule has 0 fully saturated rings. The number of nitrogens with one attached hydrogen (secondary N) is 1. The minimum atomic E-state index is 0.184. The van der Waals surface area contributed by atoms with Crippen LogP contribution in [-0.4, -0.2) is 6.54 Å². The molecule has 2 nitrogen and oxygen atoms in total. The van der Waals surface area contributed by atoms with Gasteiger partial charge in [-0.3, -0.25) is 0 Å². The van der Waals surface area contributed by atoms with Gasteiger partial charge in [0.05, 0.1) is 0 Å². The van der Waals surface area contributed by atoms with Gasteiger partial charge in [0.1, 0.15) is 0 Å². The van der Waals surface area contributed by atoms with Crippen LogP contribution in [0.4, 0.5) is 0 Å². The monoisotopic (exact) mass is 202 g/mol. The molecule has 0 heterocycles. The van der Waals surface area contributed by atoms with E-state index >= 15 is 0 Å². The molecule has 2 unspecified atom stereocenters. The predicted molar refractivity (Wildman–Crippen MR) is 63.5 cm³/mol. The summed E-state index contributed by atoms with van der Waals surface area (Å²) in [5.74, 6) is 0. The largest absolute Gasteiger partial charge is 0.324 e. The lowest BCUT2D eigenvalue weighted by Crippen LogP contribution is -2.21. The molecule has 0 bridgehead atoms. The third-order valence-corrected chi connectivity index (χ3v) is 2.91. The Morgan fingerprint density at radius 2 is 2.13 bits per heavy atom. The molecule has 0 amide bonds. The molecule has 1 aromatic rings. The molecule has 15 heavy (non-hydrogen) atoms. The molecule has 0 radical (unpaired) electrons. The van der Waals surface area contributed by atoms with E-state index in [9.17, 15) is 0 Å². The molecular weight excluding hydrogens is 184 g/mol. The lowest BCUT2D eigenvalue weighted by molar-refractivity contribution is 0.519. The highest BCUT2D eigenvalue weighted by Crippen LogP contribution is 2.36. The van der Waals surface area contributed by atoms with Crippen molar-refractivity contribution in [2.24, 2.45) is 5.73 Å². The second-order valence-electron chi connectivity index (χ2n) is 4.36. The van der Waals surface area contributed by atoms with Crippen molar-refractivity contribution in [3.63, 3.8) is 0 Å². The van der Waals surface area contributed by atoms with Gasteiger partial charge in [-0.2, -0.15) is 0 Å². The average Bonchev–Trinajstić information content (AvgIpc) is 2.54. The Labute approximate surface area is 91.2 Å². The van der Waals surface area contributed by atoms with Crippen molar-refractivity contribution in [2.45, 2.75) is 25.4 Å². The summed E-state index contributed by atoms with van der Waals surface area (Å²) in [6.07, 6.45) is 0.993. The van der Waals surface area contributed by atoms with Gasteiger partial charge in [0.15, 0.2) is 0 Å². The van der Waals surface area contributed by atoms with Gasteiger partial charge in [-0.25, -0.2) is 0 Å². The highest BCUT2D eigenvalue weighted by Gasteiger charge is 2.27. The lowest BCUT2D eigenvalue weighted by Gasteiger charge is -2.13. The van der Waals surface area contributed by atoms with Crippen LogP contribution in [0.25, 0.3) is 0 Å². The summed E-state index contributed by atoms with van der Waals surface area (Å²) >= 11 is 0. The molecule has 0 saturated carbocycles. The van der Waals surface area contributed by atoms with Crippen LogP contribution in [0.5, 0.6) is 0 Å². The minimum absolute atomic E-state index is 0.184. The van der Waals surface area contributed by atoms with Gasteiger partial charge in [-0.1, -0.05) is 36.4 Å². The Morgan fingerprint density at radius 3 is 2.80 bits per heavy atom. The van der Waals surface area contributed by atoms with Crippen molar-refractivity contribution in [1.82, 2.24) is 5.32 Å². The molecule has 1 aliphatic carbocycles. The van der Waals surface area contributed by atoms with Crippen LogP contribution < -0.4 is 11.1 Å². The number of hydrogen-bond acceptors (Lipinski definition) is 2. The van der Waals surface area contributed by atoms with Crippen LogP contribution >= 0.6 is 0 Å². The highest BCUT2D eigenvalue weighted by atomic mass is 14.9. The molecule has 2 rings (SSSR count). The second-order valence-corrected chi connectivity index (χ2v) is 4.36. The highest BCUT2D eigenvalue weighted by molar-refractivity contribution is 5.37. The molecule has 80 valence electrons. The van der Waals surface area contributed by atoms with Crippen molar-refractivity contribution in [2.75, 3.05) is 6.54 Å². The van der Waals surface area contributed by atoms with E-state index in [1.165, 1.54) is 11.1 Å². The number of benzene rings is 1. The van der Waals surface area contributed by atoms with Crippen molar-refractivity contribution >= 4 is 0 Å². The fourth-order valence-electron chi connectivity index (χ4n) is 2.16. The van der Waals surface area contributed by atoms with Gasteiger partial charge in [0, 0.05) is 18.6 Å². The standard InChI is InChI=1S/C13H18N2/c1-9(2)8-15-13-7-12(14)10-5-3-4-6-11(10)13/h3-6,12-13,15H,1,7-8,14H2,2H3. The molecular formula is C13H18N2. The quantitative estimate of drug-likeness (QED) is 0.738. The van der Waals surface area contributed by atoms with Crippen molar-refractivity contribution in [1.29, 1.82) is 0 Å². The third kappa shape index (κ3) is 2.11. The van der Waals surface area contributed by atoms with Gasteiger partial charge >= 0.3 is 0 Å². The van der Waals surface area contributed by atoms with Gasteiger partial charge in [0.25, 0.3) is 0 Å². The first-order valence-electron chi connectivity index (χ1n) is 5.40. The predicted octanol–water partition coefficient (Wildman–Crippen LogP) is 2.30. The van der Waals surface area contributed by atoms with Crippen molar-refractivity contribution in [3.05, 3.63) is 47.5 Å². The van der Waals surface area contributed by atoms with Crippen molar-refractivity contribution < 1.29 is 0 Å². The molecule has 3 N–H and O–H groups in total. The number of nitrogens with two attached hydrogens (primary N) is 1. The molecule has 2 atom stereocenters. The summed E-state index contributed by atoms with van der Waals surface area (Å²) in [6, 6.07) is 9.00. The molecule has 1 aliphatic rings. The Morgan fingerprint density at radius 1 is 1.47 bits per heavy atom. The van der Waals surface area contributed by atoms with Crippen LogP contribution in [0.15, 0.2) is 36.4 Å². The van der Waals surface area contributed by atoms with Gasteiger partial charge in [0.2, 0.25) is 0 Å². The van der Waals surface area contributed by atoms with E-state index in [-0.39, 0.29) is 6.04 Å². The number of rotatable bonds is 3. The van der Waals surface area contributed by atoms with E-state index in [4.69, 9.17) is 5.73 Å². The maximum Gasteiger partial charge on any atom is 0.0344 e. The topological polar surface area (TPSA) is 38.0 Å². The van der Waals surface area contributed by atoms with E-state index in [2.05, 4.69) is 36.2 Å². The molecule has 1 aromatic carbocycles. The zero-order chi connectivity index (χ0) is 10.8. The lowest BCUT2D eigenvalue weighted by atomic mass is 10.1. The van der Waals surface area contributed by atoms with E-state index in [0.29, 0.717) is 6.04 Å². The number of hydrogen-bond donors (Lipinski definition) is 2. The minimum Gasteiger partial charge on any atom is -0.324 e. The molecule has 0 aromatic heterocycles. The van der Waals surface area contributed by atoms with Gasteiger partial charge in [-0.05, 0) is 24.5 Å². The van der Waals surface area contributed by atoms with Crippen LogP contribution in [0.1, 0.15) is 36.6 Å². The first-order chi connectivity index (χ1) is 7.18. The SMILES string of the molecule is C=C(C)CNC1CC(N)c2ccccc21. The summed E-state index contributed by atoms with van der Waals surface area (Å²) in [5, 5.41) is 3.49. The Balaban J connectivity index is 2.14. The maximum atomic E-state index is 6.08. The normalized spacial score (nSPS) is 23.9. The summed E-state index contributed by atoms with van der Waals surface area (Å²) in [7, 11) is 0. The molecule has 2 heteroatoms. The molecule has 0 spiro atoms.